The highest BCUT2D eigenvalue weighted by Gasteiger charge is 2.22. The van der Waals surface area contributed by atoms with Crippen molar-refractivity contribution < 1.29 is 4.70 Å². The summed E-state index contributed by atoms with van der Waals surface area (Å²) >= 11 is 0. The summed E-state index contributed by atoms with van der Waals surface area (Å²) in [4.78, 5) is 0. The molecule has 182 valence electrons. The van der Waals surface area contributed by atoms with Crippen LogP contribution >= 0.6 is 0 Å². The summed E-state index contributed by atoms with van der Waals surface area (Å²) in [6.07, 6.45) is 22.3. The molecule has 0 aromatic heterocycles. The highest BCUT2D eigenvalue weighted by atomic mass is 15.2. The van der Waals surface area contributed by atoms with Crippen molar-refractivity contribution >= 4 is 11.4 Å². The minimum absolute atomic E-state index is 0.845. The van der Waals surface area contributed by atoms with E-state index in [0.717, 1.165) is 35.4 Å². The zero-order valence-corrected chi connectivity index (χ0v) is 21.6. The second kappa shape index (κ2) is 14.7. The number of rotatable bonds is 16. The molecule has 3 rings (SSSR count). The van der Waals surface area contributed by atoms with E-state index in [1.807, 2.05) is 12.2 Å². The predicted octanol–water partition coefficient (Wildman–Crippen LogP) is 9.92. The van der Waals surface area contributed by atoms with Gasteiger partial charge in [0.25, 0.3) is 0 Å². The molecule has 1 aliphatic heterocycles. The summed E-state index contributed by atoms with van der Waals surface area (Å²) in [5.74, 6) is 0. The van der Waals surface area contributed by atoms with Crippen LogP contribution in [0.4, 0.5) is 0 Å². The second-order valence-electron chi connectivity index (χ2n) is 9.84. The Labute approximate surface area is 208 Å². The Kier molecular flexibility index (Phi) is 11.3. The lowest BCUT2D eigenvalue weighted by molar-refractivity contribution is -0.344. The van der Waals surface area contributed by atoms with E-state index in [1.54, 1.807) is 0 Å². The lowest BCUT2D eigenvalue weighted by Crippen LogP contribution is -2.01. The molecule has 0 aliphatic carbocycles. The Morgan fingerprint density at radius 3 is 1.24 bits per heavy atom. The molecule has 2 aromatic rings. The van der Waals surface area contributed by atoms with Crippen LogP contribution in [0, 0.1) is 0 Å². The zero-order chi connectivity index (χ0) is 24.0. The van der Waals surface area contributed by atoms with Gasteiger partial charge in [0, 0.05) is 23.3 Å². The molecule has 0 fully saturated rings. The van der Waals surface area contributed by atoms with Crippen LogP contribution in [-0.4, -0.2) is 4.70 Å². The van der Waals surface area contributed by atoms with Crippen LogP contribution in [0.25, 0.3) is 16.9 Å². The molecule has 0 saturated heterocycles. The molecule has 0 amide bonds. The first-order chi connectivity index (χ1) is 16.7. The van der Waals surface area contributed by atoms with Crippen molar-refractivity contribution in [3.63, 3.8) is 0 Å². The normalized spacial score (nSPS) is 13.3. The minimum atomic E-state index is 0.845. The fourth-order valence-electron chi connectivity index (χ4n) is 4.77. The molecule has 2 nitrogen and oxygen atoms in total. The topological polar surface area (TPSA) is 25.3 Å². The van der Waals surface area contributed by atoms with Crippen LogP contribution < -0.4 is 0 Å². The van der Waals surface area contributed by atoms with Gasteiger partial charge >= 0.3 is 0 Å². The first-order valence-electron chi connectivity index (χ1n) is 13.8. The van der Waals surface area contributed by atoms with Crippen LogP contribution in [0.3, 0.4) is 0 Å². The van der Waals surface area contributed by atoms with Gasteiger partial charge in [-0.25, -0.2) is 4.70 Å². The molecular weight excluding hydrogens is 412 g/mol. The monoisotopic (exact) mass is 456 g/mol. The van der Waals surface area contributed by atoms with Crippen molar-refractivity contribution in [3.8, 4) is 0 Å². The van der Waals surface area contributed by atoms with E-state index in [9.17, 15) is 5.53 Å². The molecule has 0 N–H and O–H groups in total. The minimum Gasteiger partial charge on any atom is -0.493 e. The Morgan fingerprint density at radius 1 is 0.500 bits per heavy atom. The standard InChI is InChI=1S/C32H44N2/c1-3-5-7-9-11-13-15-27-17-21-29(22-18-27)31-25-26-32(34(31)33)30-23-19-28(20-24-30)16-14-12-10-8-6-4-2/h17-26H,3-16H2,1-2H3. The Hall–Kier alpha value is -2.48. The molecule has 1 heterocycles. The summed E-state index contributed by atoms with van der Waals surface area (Å²) in [5.41, 5.74) is 17.5. The third-order valence-electron chi connectivity index (χ3n) is 6.99. The predicted molar refractivity (Wildman–Crippen MR) is 147 cm³/mol. The molecule has 1 aliphatic rings. The van der Waals surface area contributed by atoms with Gasteiger partial charge in [0.1, 0.15) is 0 Å². The molecule has 0 radical (unpaired) electrons. The van der Waals surface area contributed by atoms with Crippen LogP contribution in [0.5, 0.6) is 0 Å². The fraction of sp³-hybridized carbons (Fsp3) is 0.500. The number of unbranched alkanes of at least 4 members (excludes halogenated alkanes) is 10. The summed E-state index contributed by atoms with van der Waals surface area (Å²) in [5, 5.41) is 0. The summed E-state index contributed by atoms with van der Waals surface area (Å²) in [6.45, 7) is 4.53. The Bertz CT molecular complexity index is 854. The van der Waals surface area contributed by atoms with Crippen molar-refractivity contribution in [1.82, 2.24) is 0 Å². The van der Waals surface area contributed by atoms with Gasteiger partial charge < -0.3 is 5.53 Å². The van der Waals surface area contributed by atoms with Crippen molar-refractivity contribution in [3.05, 3.63) is 88.5 Å². The van der Waals surface area contributed by atoms with Gasteiger partial charge in [-0.05, 0) is 61.1 Å². The molecule has 0 atom stereocenters. The van der Waals surface area contributed by atoms with Gasteiger partial charge in [0.05, 0.1) is 0 Å². The first kappa shape index (κ1) is 26.1. The number of benzene rings is 2. The van der Waals surface area contributed by atoms with Crippen LogP contribution in [0.15, 0.2) is 60.7 Å². The summed E-state index contributed by atoms with van der Waals surface area (Å²) in [6, 6.07) is 17.4. The molecule has 0 saturated carbocycles. The third-order valence-corrected chi connectivity index (χ3v) is 6.99. The van der Waals surface area contributed by atoms with E-state index in [0.29, 0.717) is 0 Å². The number of hydrogen-bond donors (Lipinski definition) is 0. The van der Waals surface area contributed by atoms with Crippen molar-refractivity contribution in [2.45, 2.75) is 104 Å². The van der Waals surface area contributed by atoms with E-state index in [-0.39, 0.29) is 0 Å². The maximum atomic E-state index is 10.9. The van der Waals surface area contributed by atoms with E-state index in [1.165, 1.54) is 92.9 Å². The highest BCUT2D eigenvalue weighted by Crippen LogP contribution is 2.31. The molecule has 0 unspecified atom stereocenters. The molecule has 0 bridgehead atoms. The number of hydrogen-bond acceptors (Lipinski definition) is 0. The maximum Gasteiger partial charge on any atom is 0.207 e. The fourth-order valence-corrected chi connectivity index (χ4v) is 4.77. The quantitative estimate of drug-likeness (QED) is 0.177. The SMILES string of the molecule is CCCCCCCCc1ccc(C2=CC=C(c3ccc(CCCCCCCC)cc3)[N+]2=[N-])cc1. The second-order valence-corrected chi connectivity index (χ2v) is 9.84. The van der Waals surface area contributed by atoms with Gasteiger partial charge in [-0.1, -0.05) is 102 Å². The average Bonchev–Trinajstić information content (AvgIpc) is 3.25. The van der Waals surface area contributed by atoms with Crippen molar-refractivity contribution in [1.29, 1.82) is 0 Å². The number of aryl methyl sites for hydroxylation is 2. The first-order valence-corrected chi connectivity index (χ1v) is 13.8. The third kappa shape index (κ3) is 8.08. The lowest BCUT2D eigenvalue weighted by Gasteiger charge is -2.10. The lowest BCUT2D eigenvalue weighted by atomic mass is 10.0. The molecule has 2 aromatic carbocycles. The maximum absolute atomic E-state index is 10.9. The van der Waals surface area contributed by atoms with Crippen molar-refractivity contribution in [2.75, 3.05) is 0 Å². The van der Waals surface area contributed by atoms with E-state index in [2.05, 4.69) is 62.4 Å². The molecule has 34 heavy (non-hydrogen) atoms. The zero-order valence-electron chi connectivity index (χ0n) is 21.6. The summed E-state index contributed by atoms with van der Waals surface area (Å²) < 4.78 is 1.34. The van der Waals surface area contributed by atoms with Crippen molar-refractivity contribution in [2.24, 2.45) is 0 Å². The number of allylic oxidation sites excluding steroid dienone is 2. The Morgan fingerprint density at radius 2 is 0.853 bits per heavy atom. The highest BCUT2D eigenvalue weighted by molar-refractivity contribution is 5.74. The van der Waals surface area contributed by atoms with Gasteiger partial charge in [0.2, 0.25) is 11.4 Å². The largest absolute Gasteiger partial charge is 0.493 e. The summed E-state index contributed by atoms with van der Waals surface area (Å²) in [7, 11) is 0. The van der Waals surface area contributed by atoms with E-state index in [4.69, 9.17) is 0 Å². The average molecular weight is 457 g/mol. The smallest absolute Gasteiger partial charge is 0.207 e. The van der Waals surface area contributed by atoms with Gasteiger partial charge in [-0.2, -0.15) is 0 Å². The van der Waals surface area contributed by atoms with E-state index < -0.39 is 0 Å². The number of nitrogens with zero attached hydrogens (tertiary/aromatic N) is 2. The molecule has 2 heteroatoms. The molecule has 0 spiro atoms. The molecular formula is C32H44N2. The van der Waals surface area contributed by atoms with Crippen LogP contribution in [-0.2, 0) is 12.8 Å². The van der Waals surface area contributed by atoms with Crippen LogP contribution in [0.1, 0.15) is 113 Å². The van der Waals surface area contributed by atoms with Gasteiger partial charge in [-0.3, -0.25) is 0 Å². The van der Waals surface area contributed by atoms with Gasteiger partial charge in [-0.15, -0.1) is 0 Å². The van der Waals surface area contributed by atoms with E-state index >= 15 is 0 Å². The van der Waals surface area contributed by atoms with Crippen LogP contribution in [0.2, 0.25) is 0 Å². The Balaban J connectivity index is 1.45. The van der Waals surface area contributed by atoms with Gasteiger partial charge in [0.15, 0.2) is 0 Å².